The molecule has 0 aliphatic rings. The van der Waals surface area contributed by atoms with E-state index >= 15 is 0 Å². The fourth-order valence-electron chi connectivity index (χ4n) is 1.98. The van der Waals surface area contributed by atoms with Gasteiger partial charge >= 0.3 is 0 Å². The summed E-state index contributed by atoms with van der Waals surface area (Å²) < 4.78 is 27.6. The summed E-state index contributed by atoms with van der Waals surface area (Å²) in [7, 11) is 1.74. The summed E-state index contributed by atoms with van der Waals surface area (Å²) in [5, 5.41) is 3.65. The number of benzene rings is 2. The van der Waals surface area contributed by atoms with E-state index in [4.69, 9.17) is 11.6 Å². The monoisotopic (exact) mass is 393 g/mol. The molecule has 0 amide bonds. The van der Waals surface area contributed by atoms with Crippen LogP contribution in [0.3, 0.4) is 0 Å². The lowest BCUT2D eigenvalue weighted by Gasteiger charge is -2.19. The smallest absolute Gasteiger partial charge is 0.126 e. The lowest BCUT2D eigenvalue weighted by Crippen LogP contribution is -2.19. The summed E-state index contributed by atoms with van der Waals surface area (Å²) in [4.78, 5) is 0. The maximum absolute atomic E-state index is 13.3. The minimum absolute atomic E-state index is 0.309. The van der Waals surface area contributed by atoms with Gasteiger partial charge in [-0.3, -0.25) is 0 Å². The predicted octanol–water partition coefficient (Wildman–Crippen LogP) is 4.53. The van der Waals surface area contributed by atoms with Crippen LogP contribution in [-0.4, -0.2) is 7.05 Å². The third-order valence-electron chi connectivity index (χ3n) is 2.78. The Hall–Kier alpha value is -0.720. The van der Waals surface area contributed by atoms with Crippen LogP contribution in [0.2, 0.25) is 5.02 Å². The maximum Gasteiger partial charge on any atom is 0.126 e. The molecule has 1 N–H and O–H groups in total. The Morgan fingerprint density at radius 1 is 1.11 bits per heavy atom. The summed E-state index contributed by atoms with van der Waals surface area (Å²) in [5.41, 5.74) is 1.42. The zero-order chi connectivity index (χ0) is 14.0. The van der Waals surface area contributed by atoms with E-state index in [1.54, 1.807) is 19.2 Å². The van der Waals surface area contributed by atoms with Crippen LogP contribution in [0, 0.1) is 15.2 Å². The van der Waals surface area contributed by atoms with Gasteiger partial charge in [-0.15, -0.1) is 0 Å². The molecule has 0 aromatic heterocycles. The zero-order valence-electron chi connectivity index (χ0n) is 10.1. The normalized spacial score (nSPS) is 12.5. The Bertz CT molecular complexity index is 584. The molecule has 0 heterocycles. The minimum atomic E-state index is -0.590. The molecular formula is C14H11ClF2IN. The molecule has 2 aromatic carbocycles. The Morgan fingerprint density at radius 2 is 1.74 bits per heavy atom. The second-order valence-corrected chi connectivity index (χ2v) is 5.69. The van der Waals surface area contributed by atoms with Gasteiger partial charge in [0.1, 0.15) is 11.6 Å². The molecule has 2 aromatic rings. The number of rotatable bonds is 3. The van der Waals surface area contributed by atoms with Crippen LogP contribution in [0.1, 0.15) is 17.2 Å². The van der Waals surface area contributed by atoms with Gasteiger partial charge in [-0.25, -0.2) is 8.78 Å². The Labute approximate surface area is 129 Å². The molecule has 0 aliphatic carbocycles. The standard InChI is InChI=1S/C14H11ClF2IN/c1-19-14(8-4-10(16)7-11(17)5-8)12-6-9(15)2-3-13(12)18/h2-7,14,19H,1H3. The summed E-state index contributed by atoms with van der Waals surface area (Å²) in [5.74, 6) is -1.18. The molecule has 0 saturated heterocycles. The molecule has 5 heteroatoms. The highest BCUT2D eigenvalue weighted by atomic mass is 127. The highest BCUT2D eigenvalue weighted by Crippen LogP contribution is 2.29. The van der Waals surface area contributed by atoms with Crippen molar-refractivity contribution in [3.05, 3.63) is 67.8 Å². The van der Waals surface area contributed by atoms with Crippen molar-refractivity contribution in [3.8, 4) is 0 Å². The quantitative estimate of drug-likeness (QED) is 0.756. The van der Waals surface area contributed by atoms with E-state index < -0.39 is 11.6 Å². The van der Waals surface area contributed by atoms with Crippen LogP contribution in [0.25, 0.3) is 0 Å². The van der Waals surface area contributed by atoms with E-state index in [1.807, 2.05) is 6.07 Å². The Morgan fingerprint density at radius 3 is 2.32 bits per heavy atom. The fraction of sp³-hybridized carbons (Fsp3) is 0.143. The van der Waals surface area contributed by atoms with Crippen molar-refractivity contribution in [2.45, 2.75) is 6.04 Å². The molecule has 1 unspecified atom stereocenters. The highest BCUT2D eigenvalue weighted by Gasteiger charge is 2.17. The topological polar surface area (TPSA) is 12.0 Å². The van der Waals surface area contributed by atoms with Crippen LogP contribution in [0.15, 0.2) is 36.4 Å². The Kier molecular flexibility index (Phi) is 4.76. The van der Waals surface area contributed by atoms with E-state index in [2.05, 4.69) is 27.9 Å². The van der Waals surface area contributed by atoms with Crippen molar-refractivity contribution in [2.75, 3.05) is 7.05 Å². The van der Waals surface area contributed by atoms with Crippen LogP contribution in [0.4, 0.5) is 8.78 Å². The van der Waals surface area contributed by atoms with Crippen molar-refractivity contribution < 1.29 is 8.78 Å². The molecule has 2 rings (SSSR count). The Balaban J connectivity index is 2.52. The molecule has 100 valence electrons. The molecule has 19 heavy (non-hydrogen) atoms. The van der Waals surface area contributed by atoms with E-state index in [0.29, 0.717) is 10.6 Å². The molecule has 1 nitrogen and oxygen atoms in total. The first-order valence-corrected chi connectivity index (χ1v) is 7.05. The van der Waals surface area contributed by atoms with E-state index in [9.17, 15) is 8.78 Å². The van der Waals surface area contributed by atoms with E-state index in [0.717, 1.165) is 15.2 Å². The first-order valence-electron chi connectivity index (χ1n) is 5.59. The lowest BCUT2D eigenvalue weighted by molar-refractivity contribution is 0.571. The molecule has 0 bridgehead atoms. The van der Waals surface area contributed by atoms with Gasteiger partial charge in [0.25, 0.3) is 0 Å². The van der Waals surface area contributed by atoms with Gasteiger partial charge in [0, 0.05) is 14.7 Å². The maximum atomic E-state index is 13.3. The summed E-state index contributed by atoms with van der Waals surface area (Å²) >= 11 is 8.16. The van der Waals surface area contributed by atoms with Gasteiger partial charge in [-0.05, 0) is 71.1 Å². The SMILES string of the molecule is CNC(c1cc(F)cc(F)c1)c1cc(Cl)ccc1I. The van der Waals surface area contributed by atoms with Crippen LogP contribution < -0.4 is 5.32 Å². The first-order chi connectivity index (χ1) is 9.01. The second-order valence-electron chi connectivity index (χ2n) is 4.09. The minimum Gasteiger partial charge on any atom is -0.309 e. The number of hydrogen-bond donors (Lipinski definition) is 1. The van der Waals surface area contributed by atoms with Crippen molar-refractivity contribution in [2.24, 2.45) is 0 Å². The fourth-order valence-corrected chi connectivity index (χ4v) is 2.81. The van der Waals surface area contributed by atoms with Crippen molar-refractivity contribution in [1.29, 1.82) is 0 Å². The number of hydrogen-bond acceptors (Lipinski definition) is 1. The third-order valence-corrected chi connectivity index (χ3v) is 3.99. The van der Waals surface area contributed by atoms with Crippen molar-refractivity contribution in [1.82, 2.24) is 5.32 Å². The van der Waals surface area contributed by atoms with E-state index in [-0.39, 0.29) is 6.04 Å². The molecule has 1 atom stereocenters. The van der Waals surface area contributed by atoms with Gasteiger partial charge in [0.2, 0.25) is 0 Å². The highest BCUT2D eigenvalue weighted by molar-refractivity contribution is 14.1. The summed E-state index contributed by atoms with van der Waals surface area (Å²) in [6, 6.07) is 8.65. The summed E-state index contributed by atoms with van der Waals surface area (Å²) in [6.07, 6.45) is 0. The molecule has 0 saturated carbocycles. The van der Waals surface area contributed by atoms with Gasteiger partial charge in [0.05, 0.1) is 6.04 Å². The lowest BCUT2D eigenvalue weighted by atomic mass is 9.98. The largest absolute Gasteiger partial charge is 0.309 e. The first kappa shape index (κ1) is 14.7. The molecular weight excluding hydrogens is 383 g/mol. The zero-order valence-corrected chi connectivity index (χ0v) is 13.0. The predicted molar refractivity (Wildman–Crippen MR) is 81.4 cm³/mol. The number of halogens is 4. The van der Waals surface area contributed by atoms with Gasteiger partial charge in [-0.2, -0.15) is 0 Å². The third kappa shape index (κ3) is 3.43. The van der Waals surface area contributed by atoms with Gasteiger partial charge in [0.15, 0.2) is 0 Å². The van der Waals surface area contributed by atoms with Crippen LogP contribution >= 0.6 is 34.2 Å². The number of nitrogens with one attached hydrogen (secondary N) is 1. The molecule has 0 radical (unpaired) electrons. The second kappa shape index (κ2) is 6.15. The van der Waals surface area contributed by atoms with Crippen molar-refractivity contribution >= 4 is 34.2 Å². The molecule has 0 aliphatic heterocycles. The van der Waals surface area contributed by atoms with Crippen LogP contribution in [-0.2, 0) is 0 Å². The average molecular weight is 394 g/mol. The summed E-state index contributed by atoms with van der Waals surface area (Å²) in [6.45, 7) is 0. The van der Waals surface area contributed by atoms with Gasteiger partial charge in [-0.1, -0.05) is 11.6 Å². The molecule has 0 fully saturated rings. The van der Waals surface area contributed by atoms with E-state index in [1.165, 1.54) is 12.1 Å². The van der Waals surface area contributed by atoms with Crippen LogP contribution in [0.5, 0.6) is 0 Å². The van der Waals surface area contributed by atoms with Crippen molar-refractivity contribution in [3.63, 3.8) is 0 Å². The van der Waals surface area contributed by atoms with Gasteiger partial charge < -0.3 is 5.32 Å². The molecule has 0 spiro atoms. The average Bonchev–Trinajstić information content (AvgIpc) is 2.33.